The summed E-state index contributed by atoms with van der Waals surface area (Å²) in [6, 6.07) is 10.9. The predicted octanol–water partition coefficient (Wildman–Crippen LogP) is 1.62. The summed E-state index contributed by atoms with van der Waals surface area (Å²) in [5.74, 6) is 0. The lowest BCUT2D eigenvalue weighted by Crippen LogP contribution is -2.35. The third-order valence-electron chi connectivity index (χ3n) is 3.37. The highest BCUT2D eigenvalue weighted by Gasteiger charge is 2.31. The highest BCUT2D eigenvalue weighted by molar-refractivity contribution is 5.13. The van der Waals surface area contributed by atoms with Gasteiger partial charge in [0.2, 0.25) is 0 Å². The molecule has 0 saturated carbocycles. The average molecular weight is 234 g/mol. The maximum atomic E-state index is 6.10. The molecule has 1 aromatic carbocycles. The van der Waals surface area contributed by atoms with Crippen LogP contribution in [-0.4, -0.2) is 36.2 Å². The molecule has 0 spiro atoms. The van der Waals surface area contributed by atoms with E-state index in [0.29, 0.717) is 12.6 Å². The number of ether oxygens (including phenoxy) is 1. The Balaban J connectivity index is 1.84. The van der Waals surface area contributed by atoms with Crippen LogP contribution in [0, 0.1) is 0 Å². The molecule has 3 heteroatoms. The topological polar surface area (TPSA) is 38.5 Å². The predicted molar refractivity (Wildman–Crippen MR) is 69.7 cm³/mol. The van der Waals surface area contributed by atoms with E-state index < -0.39 is 0 Å². The average Bonchev–Trinajstić information content (AvgIpc) is 2.70. The fourth-order valence-electron chi connectivity index (χ4n) is 2.20. The molecule has 1 aromatic rings. The lowest BCUT2D eigenvalue weighted by Gasteiger charge is -2.19. The molecule has 2 N–H and O–H groups in total. The van der Waals surface area contributed by atoms with Gasteiger partial charge in [0.05, 0.1) is 12.7 Å². The number of nitrogens with two attached hydrogens (primary N) is 1. The summed E-state index contributed by atoms with van der Waals surface area (Å²) in [7, 11) is 0. The molecule has 1 saturated heterocycles. The van der Waals surface area contributed by atoms with Gasteiger partial charge in [0.15, 0.2) is 0 Å². The molecule has 0 bridgehead atoms. The minimum atomic E-state index is 0.140. The third-order valence-corrected chi connectivity index (χ3v) is 3.37. The first-order valence-electron chi connectivity index (χ1n) is 6.32. The summed E-state index contributed by atoms with van der Waals surface area (Å²) in [5.41, 5.74) is 7.32. The van der Waals surface area contributed by atoms with E-state index in [9.17, 15) is 0 Å². The Morgan fingerprint density at radius 2 is 2.00 bits per heavy atom. The summed E-state index contributed by atoms with van der Waals surface area (Å²) >= 11 is 0. The second-order valence-corrected chi connectivity index (χ2v) is 5.05. The molecule has 17 heavy (non-hydrogen) atoms. The molecule has 0 unspecified atom stereocenters. The van der Waals surface area contributed by atoms with Crippen LogP contribution in [0.3, 0.4) is 0 Å². The van der Waals surface area contributed by atoms with Crippen molar-refractivity contribution >= 4 is 0 Å². The van der Waals surface area contributed by atoms with Crippen LogP contribution in [0.2, 0.25) is 0 Å². The fraction of sp³-hybridized carbons (Fsp3) is 0.571. The molecular weight excluding hydrogens is 212 g/mol. The van der Waals surface area contributed by atoms with E-state index in [2.05, 4.69) is 30.9 Å². The molecule has 1 aliphatic heterocycles. The van der Waals surface area contributed by atoms with E-state index in [1.165, 1.54) is 5.56 Å². The minimum Gasteiger partial charge on any atom is -0.371 e. The fourth-order valence-corrected chi connectivity index (χ4v) is 2.20. The zero-order chi connectivity index (χ0) is 12.3. The van der Waals surface area contributed by atoms with Crippen molar-refractivity contribution in [2.24, 2.45) is 5.73 Å². The molecule has 3 nitrogen and oxygen atoms in total. The van der Waals surface area contributed by atoms with Crippen LogP contribution in [0.4, 0.5) is 0 Å². The van der Waals surface area contributed by atoms with Crippen molar-refractivity contribution in [1.29, 1.82) is 0 Å². The van der Waals surface area contributed by atoms with Crippen LogP contribution >= 0.6 is 0 Å². The quantitative estimate of drug-likeness (QED) is 0.860. The maximum absolute atomic E-state index is 6.10. The van der Waals surface area contributed by atoms with Gasteiger partial charge in [-0.3, -0.25) is 4.90 Å². The van der Waals surface area contributed by atoms with Crippen LogP contribution in [0.5, 0.6) is 0 Å². The highest BCUT2D eigenvalue weighted by Crippen LogP contribution is 2.16. The Morgan fingerprint density at radius 1 is 1.29 bits per heavy atom. The standard InChI is InChI=1S/C14H22N2O/c1-11(2)16-8-13(15)14(9-16)17-10-12-6-4-3-5-7-12/h3-7,11,13-14H,8-10,15H2,1-2H3/t13-,14-/m0/s1. The van der Waals surface area contributed by atoms with Crippen molar-refractivity contribution in [2.75, 3.05) is 13.1 Å². The highest BCUT2D eigenvalue weighted by atomic mass is 16.5. The van der Waals surface area contributed by atoms with Crippen LogP contribution < -0.4 is 5.73 Å². The van der Waals surface area contributed by atoms with Gasteiger partial charge in [-0.1, -0.05) is 30.3 Å². The van der Waals surface area contributed by atoms with Gasteiger partial charge in [-0.2, -0.15) is 0 Å². The zero-order valence-electron chi connectivity index (χ0n) is 10.7. The van der Waals surface area contributed by atoms with E-state index in [-0.39, 0.29) is 12.1 Å². The molecule has 2 rings (SSSR count). The van der Waals surface area contributed by atoms with Gasteiger partial charge in [-0.05, 0) is 19.4 Å². The van der Waals surface area contributed by atoms with Gasteiger partial charge in [-0.25, -0.2) is 0 Å². The van der Waals surface area contributed by atoms with E-state index in [1.54, 1.807) is 0 Å². The molecule has 0 radical (unpaired) electrons. The molecule has 0 aromatic heterocycles. The first kappa shape index (κ1) is 12.6. The van der Waals surface area contributed by atoms with Crippen LogP contribution in [0.15, 0.2) is 30.3 Å². The van der Waals surface area contributed by atoms with Gasteiger partial charge in [-0.15, -0.1) is 0 Å². The van der Waals surface area contributed by atoms with Crippen molar-refractivity contribution in [3.63, 3.8) is 0 Å². The van der Waals surface area contributed by atoms with Gasteiger partial charge >= 0.3 is 0 Å². The first-order chi connectivity index (χ1) is 8.16. The second-order valence-electron chi connectivity index (χ2n) is 5.05. The van der Waals surface area contributed by atoms with Crippen molar-refractivity contribution in [3.8, 4) is 0 Å². The molecule has 1 heterocycles. The van der Waals surface area contributed by atoms with Crippen molar-refractivity contribution in [3.05, 3.63) is 35.9 Å². The summed E-state index contributed by atoms with van der Waals surface area (Å²) < 4.78 is 5.92. The van der Waals surface area contributed by atoms with Crippen molar-refractivity contribution in [2.45, 2.75) is 38.6 Å². The zero-order valence-corrected chi connectivity index (χ0v) is 10.7. The SMILES string of the molecule is CC(C)N1C[C@H](OCc2ccccc2)[C@@H](N)C1. The molecule has 94 valence electrons. The lowest BCUT2D eigenvalue weighted by atomic mass is 10.2. The normalized spacial score (nSPS) is 25.6. The molecule has 2 atom stereocenters. The lowest BCUT2D eigenvalue weighted by molar-refractivity contribution is 0.0369. The Morgan fingerprint density at radius 3 is 2.59 bits per heavy atom. The molecule has 0 amide bonds. The second kappa shape index (κ2) is 5.63. The smallest absolute Gasteiger partial charge is 0.0869 e. The van der Waals surface area contributed by atoms with E-state index in [1.807, 2.05) is 18.2 Å². The number of hydrogen-bond acceptors (Lipinski definition) is 3. The monoisotopic (exact) mass is 234 g/mol. The molecule has 0 aliphatic carbocycles. The number of rotatable bonds is 4. The summed E-state index contributed by atoms with van der Waals surface area (Å²) in [5, 5.41) is 0. The van der Waals surface area contributed by atoms with Gasteiger partial charge in [0, 0.05) is 25.2 Å². The van der Waals surface area contributed by atoms with Gasteiger partial charge < -0.3 is 10.5 Å². The van der Waals surface area contributed by atoms with E-state index in [4.69, 9.17) is 10.5 Å². The van der Waals surface area contributed by atoms with Crippen LogP contribution in [0.25, 0.3) is 0 Å². The summed E-state index contributed by atoms with van der Waals surface area (Å²) in [6.45, 7) is 6.95. The Kier molecular flexibility index (Phi) is 4.15. The number of nitrogens with zero attached hydrogens (tertiary/aromatic N) is 1. The van der Waals surface area contributed by atoms with E-state index in [0.717, 1.165) is 13.1 Å². The third kappa shape index (κ3) is 3.28. The van der Waals surface area contributed by atoms with Gasteiger partial charge in [0.25, 0.3) is 0 Å². The minimum absolute atomic E-state index is 0.140. The number of likely N-dealkylation sites (tertiary alicyclic amines) is 1. The maximum Gasteiger partial charge on any atom is 0.0869 e. The van der Waals surface area contributed by atoms with Crippen LogP contribution in [-0.2, 0) is 11.3 Å². The Labute approximate surface area is 104 Å². The van der Waals surface area contributed by atoms with Crippen LogP contribution in [0.1, 0.15) is 19.4 Å². The molecule has 1 fully saturated rings. The summed E-state index contributed by atoms with van der Waals surface area (Å²) in [6.07, 6.45) is 0.164. The summed E-state index contributed by atoms with van der Waals surface area (Å²) in [4.78, 5) is 2.38. The molecule has 1 aliphatic rings. The number of hydrogen-bond donors (Lipinski definition) is 1. The largest absolute Gasteiger partial charge is 0.371 e. The van der Waals surface area contributed by atoms with Crippen molar-refractivity contribution in [1.82, 2.24) is 4.90 Å². The number of benzene rings is 1. The van der Waals surface area contributed by atoms with Gasteiger partial charge in [0.1, 0.15) is 0 Å². The van der Waals surface area contributed by atoms with Crippen molar-refractivity contribution < 1.29 is 4.74 Å². The first-order valence-corrected chi connectivity index (χ1v) is 6.32. The Hall–Kier alpha value is -0.900. The van der Waals surface area contributed by atoms with E-state index >= 15 is 0 Å². The Bertz CT molecular complexity index is 339. The molecular formula is C14H22N2O.